The third-order valence-electron chi connectivity index (χ3n) is 3.40. The average Bonchev–Trinajstić information content (AvgIpc) is 2.84. The lowest BCUT2D eigenvalue weighted by Gasteiger charge is -2.25. The van der Waals surface area contributed by atoms with Crippen molar-refractivity contribution in [1.29, 1.82) is 0 Å². The molecular formula is C16H20BrClN2S. The number of hydrogen-bond acceptors (Lipinski definition) is 3. The number of halogens is 2. The summed E-state index contributed by atoms with van der Waals surface area (Å²) in [7, 11) is 2.12. The molecule has 0 amide bonds. The van der Waals surface area contributed by atoms with Crippen LogP contribution in [0.3, 0.4) is 0 Å². The van der Waals surface area contributed by atoms with Gasteiger partial charge in [0.25, 0.3) is 0 Å². The second-order valence-corrected chi connectivity index (χ2v) is 7.76. The molecule has 21 heavy (non-hydrogen) atoms. The maximum atomic E-state index is 6.02. The molecule has 0 aliphatic carbocycles. The molecule has 0 spiro atoms. The van der Waals surface area contributed by atoms with Gasteiger partial charge in [0.1, 0.15) is 0 Å². The Balaban J connectivity index is 2.25. The van der Waals surface area contributed by atoms with Crippen LogP contribution in [0, 0.1) is 0 Å². The van der Waals surface area contributed by atoms with Gasteiger partial charge < -0.3 is 10.2 Å². The molecule has 0 saturated carbocycles. The van der Waals surface area contributed by atoms with Gasteiger partial charge in [-0.1, -0.05) is 40.5 Å². The van der Waals surface area contributed by atoms with Crippen molar-refractivity contribution in [3.8, 4) is 0 Å². The van der Waals surface area contributed by atoms with Crippen LogP contribution in [0.4, 0.5) is 5.69 Å². The Hall–Kier alpha value is -0.550. The summed E-state index contributed by atoms with van der Waals surface area (Å²) in [5, 5.41) is 3.48. The third kappa shape index (κ3) is 4.46. The molecule has 1 unspecified atom stereocenters. The number of nitrogens with one attached hydrogen (secondary N) is 1. The fraction of sp³-hybridized carbons (Fsp3) is 0.375. The van der Waals surface area contributed by atoms with Crippen molar-refractivity contribution in [2.24, 2.45) is 0 Å². The van der Waals surface area contributed by atoms with Gasteiger partial charge in [0.15, 0.2) is 0 Å². The number of hydrogen-bond donors (Lipinski definition) is 1. The number of nitrogens with zero attached hydrogens (tertiary/aromatic N) is 1. The molecule has 0 fully saturated rings. The SMILES string of the molecule is CCNC(C)c1ccc(Br)cc1N(C)Cc1ccc(Cl)s1. The Bertz CT molecular complexity index is 600. The van der Waals surface area contributed by atoms with E-state index >= 15 is 0 Å². The number of benzene rings is 1. The number of anilines is 1. The fourth-order valence-electron chi connectivity index (χ4n) is 2.39. The molecule has 1 aromatic heterocycles. The predicted molar refractivity (Wildman–Crippen MR) is 97.7 cm³/mol. The van der Waals surface area contributed by atoms with E-state index in [2.05, 4.69) is 71.3 Å². The molecule has 2 rings (SSSR count). The van der Waals surface area contributed by atoms with Gasteiger partial charge in [0.2, 0.25) is 0 Å². The quantitative estimate of drug-likeness (QED) is 0.707. The molecule has 2 aromatic rings. The van der Waals surface area contributed by atoms with Gasteiger partial charge in [-0.15, -0.1) is 11.3 Å². The monoisotopic (exact) mass is 386 g/mol. The molecule has 1 N–H and O–H groups in total. The average molecular weight is 388 g/mol. The van der Waals surface area contributed by atoms with Crippen molar-refractivity contribution >= 4 is 44.6 Å². The molecule has 0 aliphatic rings. The zero-order valence-corrected chi connectivity index (χ0v) is 15.6. The van der Waals surface area contributed by atoms with Crippen molar-refractivity contribution in [2.75, 3.05) is 18.5 Å². The smallest absolute Gasteiger partial charge is 0.0931 e. The molecule has 5 heteroatoms. The van der Waals surface area contributed by atoms with Gasteiger partial charge in [-0.2, -0.15) is 0 Å². The van der Waals surface area contributed by atoms with Gasteiger partial charge in [0, 0.05) is 28.1 Å². The third-order valence-corrected chi connectivity index (χ3v) is 5.11. The van der Waals surface area contributed by atoms with Crippen molar-refractivity contribution in [2.45, 2.75) is 26.4 Å². The summed E-state index contributed by atoms with van der Waals surface area (Å²) in [6.45, 7) is 6.15. The Morgan fingerprint density at radius 2 is 2.10 bits per heavy atom. The first kappa shape index (κ1) is 16.8. The Kier molecular flexibility index (Phi) is 6.11. The minimum atomic E-state index is 0.326. The lowest BCUT2D eigenvalue weighted by molar-refractivity contribution is 0.597. The van der Waals surface area contributed by atoms with E-state index in [0.29, 0.717) is 6.04 Å². The molecule has 114 valence electrons. The van der Waals surface area contributed by atoms with Gasteiger partial charge >= 0.3 is 0 Å². The van der Waals surface area contributed by atoms with Crippen molar-refractivity contribution in [3.63, 3.8) is 0 Å². The van der Waals surface area contributed by atoms with Gasteiger partial charge in [0.05, 0.1) is 10.9 Å². The summed E-state index contributed by atoms with van der Waals surface area (Å²) in [6, 6.07) is 10.8. The van der Waals surface area contributed by atoms with E-state index in [1.165, 1.54) is 16.1 Å². The fourth-order valence-corrected chi connectivity index (χ4v) is 3.88. The van der Waals surface area contributed by atoms with Crippen LogP contribution in [-0.2, 0) is 6.54 Å². The normalized spacial score (nSPS) is 12.4. The molecule has 0 bridgehead atoms. The first-order valence-electron chi connectivity index (χ1n) is 6.99. The second-order valence-electron chi connectivity index (χ2n) is 5.04. The summed E-state index contributed by atoms with van der Waals surface area (Å²) in [5.74, 6) is 0. The van der Waals surface area contributed by atoms with Crippen LogP contribution in [-0.4, -0.2) is 13.6 Å². The summed E-state index contributed by atoms with van der Waals surface area (Å²) in [6.07, 6.45) is 0. The summed E-state index contributed by atoms with van der Waals surface area (Å²) < 4.78 is 1.94. The molecule has 0 aliphatic heterocycles. The van der Waals surface area contributed by atoms with Crippen LogP contribution in [0.5, 0.6) is 0 Å². The molecule has 1 atom stereocenters. The van der Waals surface area contributed by atoms with E-state index < -0.39 is 0 Å². The van der Waals surface area contributed by atoms with Crippen LogP contribution < -0.4 is 10.2 Å². The van der Waals surface area contributed by atoms with E-state index in [0.717, 1.165) is 21.9 Å². The molecule has 1 aromatic carbocycles. The molecule has 2 nitrogen and oxygen atoms in total. The zero-order valence-electron chi connectivity index (χ0n) is 12.5. The highest BCUT2D eigenvalue weighted by Gasteiger charge is 2.14. The van der Waals surface area contributed by atoms with Crippen molar-refractivity contribution in [3.05, 3.63) is 49.6 Å². The van der Waals surface area contributed by atoms with Crippen LogP contribution in [0.25, 0.3) is 0 Å². The zero-order chi connectivity index (χ0) is 15.4. The van der Waals surface area contributed by atoms with Crippen LogP contribution >= 0.6 is 38.9 Å². The van der Waals surface area contributed by atoms with Crippen molar-refractivity contribution in [1.82, 2.24) is 5.32 Å². The topological polar surface area (TPSA) is 15.3 Å². The first-order chi connectivity index (χ1) is 10.0. The summed E-state index contributed by atoms with van der Waals surface area (Å²) in [4.78, 5) is 3.54. The standard InChI is InChI=1S/C16H20BrClN2S/c1-4-19-11(2)14-7-5-12(17)9-15(14)20(3)10-13-6-8-16(18)21-13/h5-9,11,19H,4,10H2,1-3H3. The van der Waals surface area contributed by atoms with Gasteiger partial charge in [-0.25, -0.2) is 0 Å². The van der Waals surface area contributed by atoms with Crippen molar-refractivity contribution < 1.29 is 0 Å². The molecule has 0 saturated heterocycles. The van der Waals surface area contributed by atoms with Gasteiger partial charge in [-0.3, -0.25) is 0 Å². The molecular weight excluding hydrogens is 368 g/mol. The lowest BCUT2D eigenvalue weighted by Crippen LogP contribution is -2.23. The van der Waals surface area contributed by atoms with E-state index in [9.17, 15) is 0 Å². The highest BCUT2D eigenvalue weighted by Crippen LogP contribution is 2.31. The van der Waals surface area contributed by atoms with E-state index in [-0.39, 0.29) is 0 Å². The predicted octanol–water partition coefficient (Wildman–Crippen LogP) is 5.47. The van der Waals surface area contributed by atoms with Crippen LogP contribution in [0.2, 0.25) is 4.34 Å². The highest BCUT2D eigenvalue weighted by atomic mass is 79.9. The second kappa shape index (κ2) is 7.63. The largest absolute Gasteiger partial charge is 0.369 e. The maximum absolute atomic E-state index is 6.02. The summed E-state index contributed by atoms with van der Waals surface area (Å²) >= 11 is 11.2. The Labute approximate surface area is 144 Å². The Morgan fingerprint density at radius 1 is 1.33 bits per heavy atom. The van der Waals surface area contributed by atoms with E-state index in [4.69, 9.17) is 11.6 Å². The Morgan fingerprint density at radius 3 is 2.71 bits per heavy atom. The molecule has 1 heterocycles. The van der Waals surface area contributed by atoms with Crippen LogP contribution in [0.1, 0.15) is 30.3 Å². The maximum Gasteiger partial charge on any atom is 0.0931 e. The minimum absolute atomic E-state index is 0.326. The number of thiophene rings is 1. The lowest BCUT2D eigenvalue weighted by atomic mass is 10.1. The minimum Gasteiger partial charge on any atom is -0.369 e. The van der Waals surface area contributed by atoms with Gasteiger partial charge in [-0.05, 0) is 43.3 Å². The van der Waals surface area contributed by atoms with E-state index in [1.807, 2.05) is 6.07 Å². The number of rotatable bonds is 6. The van der Waals surface area contributed by atoms with Crippen LogP contribution in [0.15, 0.2) is 34.8 Å². The molecule has 0 radical (unpaired) electrons. The summed E-state index contributed by atoms with van der Waals surface area (Å²) in [5.41, 5.74) is 2.55. The first-order valence-corrected chi connectivity index (χ1v) is 8.98. The highest BCUT2D eigenvalue weighted by molar-refractivity contribution is 9.10. The van der Waals surface area contributed by atoms with E-state index in [1.54, 1.807) is 11.3 Å².